The van der Waals surface area contributed by atoms with Gasteiger partial charge < -0.3 is 24.3 Å². The number of benzene rings is 2. The summed E-state index contributed by atoms with van der Waals surface area (Å²) in [6.45, 7) is 4.06. The first kappa shape index (κ1) is 17.4. The number of anilines is 1. The topological polar surface area (TPSA) is 89.8 Å². The van der Waals surface area contributed by atoms with Crippen molar-refractivity contribution in [1.82, 2.24) is 0 Å². The minimum Gasteiger partial charge on any atom is -0.490 e. The van der Waals surface area contributed by atoms with Crippen molar-refractivity contribution in [2.75, 3.05) is 18.7 Å². The van der Waals surface area contributed by atoms with E-state index in [1.165, 1.54) is 0 Å². The summed E-state index contributed by atoms with van der Waals surface area (Å²) in [5.74, 6) is 1.73. The molecule has 7 nitrogen and oxygen atoms in total. The van der Waals surface area contributed by atoms with Crippen LogP contribution >= 0.6 is 0 Å². The first-order chi connectivity index (χ1) is 12.6. The van der Waals surface area contributed by atoms with E-state index >= 15 is 0 Å². The first-order valence-electron chi connectivity index (χ1n) is 8.15. The van der Waals surface area contributed by atoms with Gasteiger partial charge in [0, 0.05) is 17.8 Å². The Hall–Kier alpha value is -3.40. The molecule has 0 spiro atoms. The number of nitriles is 1. The zero-order valence-electron chi connectivity index (χ0n) is 14.4. The average molecular weight is 354 g/mol. The molecule has 0 bridgehead atoms. The lowest BCUT2D eigenvalue weighted by molar-refractivity contribution is -0.122. The first-order valence-corrected chi connectivity index (χ1v) is 8.15. The molecule has 134 valence electrons. The van der Waals surface area contributed by atoms with Gasteiger partial charge >= 0.3 is 0 Å². The molecule has 2 aromatic carbocycles. The van der Waals surface area contributed by atoms with E-state index in [2.05, 4.69) is 5.32 Å². The Morgan fingerprint density at radius 3 is 2.81 bits per heavy atom. The lowest BCUT2D eigenvalue weighted by atomic mass is 10.2. The number of rotatable bonds is 6. The highest BCUT2D eigenvalue weighted by Gasteiger charge is 2.19. The van der Waals surface area contributed by atoms with Crippen LogP contribution in [-0.2, 0) is 4.79 Å². The standard InChI is InChI=1S/C19H18N2O5/c1-3-23-17-8-13(10-20)4-6-16(17)26-12(2)19(22)21-14-5-7-15-18(9-14)25-11-24-15/h4-9,12H,3,11H2,1-2H3,(H,21,22)/t12-/m1/s1. The SMILES string of the molecule is CCOc1cc(C#N)ccc1O[C@H](C)C(=O)Nc1ccc2c(c1)OCO2. The zero-order valence-corrected chi connectivity index (χ0v) is 14.4. The van der Waals surface area contributed by atoms with E-state index in [0.717, 1.165) is 0 Å². The highest BCUT2D eigenvalue weighted by atomic mass is 16.7. The molecule has 1 atom stereocenters. The van der Waals surface area contributed by atoms with Crippen molar-refractivity contribution in [2.45, 2.75) is 20.0 Å². The number of hydrogen-bond donors (Lipinski definition) is 1. The Kier molecular flexibility index (Phi) is 5.13. The third kappa shape index (κ3) is 3.81. The van der Waals surface area contributed by atoms with Crippen molar-refractivity contribution < 1.29 is 23.7 Å². The highest BCUT2D eigenvalue weighted by Crippen LogP contribution is 2.34. The fourth-order valence-corrected chi connectivity index (χ4v) is 2.41. The van der Waals surface area contributed by atoms with Gasteiger partial charge in [-0.15, -0.1) is 0 Å². The van der Waals surface area contributed by atoms with E-state index in [1.54, 1.807) is 43.3 Å². The summed E-state index contributed by atoms with van der Waals surface area (Å²) < 4.78 is 21.7. The Balaban J connectivity index is 1.68. The summed E-state index contributed by atoms with van der Waals surface area (Å²) in [5.41, 5.74) is 1.04. The Morgan fingerprint density at radius 2 is 2.04 bits per heavy atom. The molecule has 26 heavy (non-hydrogen) atoms. The third-order valence-electron chi connectivity index (χ3n) is 3.69. The molecular weight excluding hydrogens is 336 g/mol. The highest BCUT2D eigenvalue weighted by molar-refractivity contribution is 5.94. The van der Waals surface area contributed by atoms with Gasteiger partial charge in [-0.3, -0.25) is 4.79 Å². The Labute approximate surface area is 151 Å². The van der Waals surface area contributed by atoms with Crippen molar-refractivity contribution >= 4 is 11.6 Å². The van der Waals surface area contributed by atoms with Gasteiger partial charge in [0.2, 0.25) is 6.79 Å². The van der Waals surface area contributed by atoms with Gasteiger partial charge in [0.25, 0.3) is 5.91 Å². The Morgan fingerprint density at radius 1 is 1.23 bits per heavy atom. The zero-order chi connectivity index (χ0) is 18.5. The molecule has 7 heteroatoms. The molecule has 1 heterocycles. The van der Waals surface area contributed by atoms with Crippen molar-refractivity contribution in [3.05, 3.63) is 42.0 Å². The summed E-state index contributed by atoms with van der Waals surface area (Å²) in [7, 11) is 0. The van der Waals surface area contributed by atoms with Crippen LogP contribution in [0.5, 0.6) is 23.0 Å². The molecule has 1 amide bonds. The number of carbonyl (C=O) groups is 1. The second kappa shape index (κ2) is 7.66. The van der Waals surface area contributed by atoms with Gasteiger partial charge in [0.1, 0.15) is 0 Å². The molecule has 3 rings (SSSR count). The van der Waals surface area contributed by atoms with Crippen molar-refractivity contribution in [3.8, 4) is 29.1 Å². The van der Waals surface area contributed by atoms with Crippen molar-refractivity contribution in [1.29, 1.82) is 5.26 Å². The summed E-state index contributed by atoms with van der Waals surface area (Å²) in [6.07, 6.45) is -0.771. The molecule has 0 saturated heterocycles. The molecule has 1 aliphatic rings. The number of nitrogens with zero attached hydrogens (tertiary/aromatic N) is 1. The third-order valence-corrected chi connectivity index (χ3v) is 3.69. The molecule has 0 aliphatic carbocycles. The van der Waals surface area contributed by atoms with E-state index in [0.29, 0.717) is 40.9 Å². The van der Waals surface area contributed by atoms with Crippen LogP contribution in [0.2, 0.25) is 0 Å². The number of nitrogens with one attached hydrogen (secondary N) is 1. The molecule has 0 fully saturated rings. The molecule has 0 saturated carbocycles. The minimum absolute atomic E-state index is 0.172. The van der Waals surface area contributed by atoms with Gasteiger partial charge in [0.15, 0.2) is 29.1 Å². The van der Waals surface area contributed by atoms with Gasteiger partial charge in [-0.2, -0.15) is 5.26 Å². The molecule has 0 radical (unpaired) electrons. The lowest BCUT2D eigenvalue weighted by Crippen LogP contribution is -2.30. The molecule has 1 N–H and O–H groups in total. The predicted octanol–water partition coefficient (Wildman–Crippen LogP) is 3.09. The summed E-state index contributed by atoms with van der Waals surface area (Å²) in [6, 6.07) is 12.0. The average Bonchev–Trinajstić information content (AvgIpc) is 3.11. The van der Waals surface area contributed by atoms with Crippen LogP contribution in [0.25, 0.3) is 0 Å². The van der Waals surface area contributed by atoms with Crippen LogP contribution in [0.1, 0.15) is 19.4 Å². The smallest absolute Gasteiger partial charge is 0.265 e. The second-order valence-corrected chi connectivity index (χ2v) is 5.52. The molecule has 2 aromatic rings. The van der Waals surface area contributed by atoms with Gasteiger partial charge in [-0.25, -0.2) is 0 Å². The van der Waals surface area contributed by atoms with Crippen molar-refractivity contribution in [2.24, 2.45) is 0 Å². The van der Waals surface area contributed by atoms with E-state index in [4.69, 9.17) is 24.2 Å². The molecule has 0 unspecified atom stereocenters. The number of fused-ring (bicyclic) bond motifs is 1. The maximum atomic E-state index is 12.4. The van der Waals surface area contributed by atoms with Gasteiger partial charge in [0.05, 0.1) is 18.2 Å². The van der Waals surface area contributed by atoms with Crippen LogP contribution in [-0.4, -0.2) is 25.4 Å². The van der Waals surface area contributed by atoms with E-state index in [1.807, 2.05) is 13.0 Å². The number of carbonyl (C=O) groups excluding carboxylic acids is 1. The van der Waals surface area contributed by atoms with Crippen LogP contribution in [0.3, 0.4) is 0 Å². The Bertz CT molecular complexity index is 859. The number of amides is 1. The fourth-order valence-electron chi connectivity index (χ4n) is 2.41. The normalized spacial score (nSPS) is 12.8. The fraction of sp³-hybridized carbons (Fsp3) is 0.263. The largest absolute Gasteiger partial charge is 0.490 e. The van der Waals surface area contributed by atoms with Crippen LogP contribution in [0.15, 0.2) is 36.4 Å². The van der Waals surface area contributed by atoms with Crippen LogP contribution in [0, 0.1) is 11.3 Å². The van der Waals surface area contributed by atoms with E-state index < -0.39 is 6.10 Å². The summed E-state index contributed by atoms with van der Waals surface area (Å²) in [5, 5.41) is 11.8. The number of ether oxygens (including phenoxy) is 4. The van der Waals surface area contributed by atoms with Gasteiger partial charge in [-0.05, 0) is 38.1 Å². The monoisotopic (exact) mass is 354 g/mol. The van der Waals surface area contributed by atoms with E-state index in [-0.39, 0.29) is 12.7 Å². The summed E-state index contributed by atoms with van der Waals surface area (Å²) >= 11 is 0. The van der Waals surface area contributed by atoms with E-state index in [9.17, 15) is 4.79 Å². The minimum atomic E-state index is -0.771. The molecule has 0 aromatic heterocycles. The maximum absolute atomic E-state index is 12.4. The molecular formula is C19H18N2O5. The summed E-state index contributed by atoms with van der Waals surface area (Å²) in [4.78, 5) is 12.4. The predicted molar refractivity (Wildman–Crippen MR) is 93.6 cm³/mol. The van der Waals surface area contributed by atoms with Crippen molar-refractivity contribution in [3.63, 3.8) is 0 Å². The molecule has 1 aliphatic heterocycles. The van der Waals surface area contributed by atoms with Crippen LogP contribution < -0.4 is 24.3 Å². The quantitative estimate of drug-likeness (QED) is 0.857. The second-order valence-electron chi connectivity index (χ2n) is 5.52. The van der Waals surface area contributed by atoms with Crippen LogP contribution in [0.4, 0.5) is 5.69 Å². The maximum Gasteiger partial charge on any atom is 0.265 e. The number of hydrogen-bond acceptors (Lipinski definition) is 6. The lowest BCUT2D eigenvalue weighted by Gasteiger charge is -2.17. The van der Waals surface area contributed by atoms with Gasteiger partial charge in [-0.1, -0.05) is 0 Å².